The van der Waals surface area contributed by atoms with E-state index in [0.29, 0.717) is 11.3 Å². The third-order valence-electron chi connectivity index (χ3n) is 3.52. The Labute approximate surface area is 132 Å². The summed E-state index contributed by atoms with van der Waals surface area (Å²) in [6, 6.07) is 14.5. The first-order valence-corrected chi connectivity index (χ1v) is 7.20. The molecule has 0 saturated carbocycles. The predicted octanol–water partition coefficient (Wildman–Crippen LogP) is 2.58. The summed E-state index contributed by atoms with van der Waals surface area (Å²) in [4.78, 5) is 25.2. The predicted molar refractivity (Wildman–Crippen MR) is 82.8 cm³/mol. The monoisotopic (exact) mass is 314 g/mol. The Morgan fingerprint density at radius 2 is 2.00 bits per heavy atom. The first kappa shape index (κ1) is 15.0. The third kappa shape index (κ3) is 3.48. The highest BCUT2D eigenvalue weighted by molar-refractivity contribution is 5.94. The number of rotatable bonds is 4. The zero-order valence-corrected chi connectivity index (χ0v) is 12.2. The molecule has 0 aliphatic carbocycles. The lowest BCUT2D eigenvalue weighted by atomic mass is 10.2. The molecule has 1 atom stereocenters. The summed E-state index contributed by atoms with van der Waals surface area (Å²) in [5, 5.41) is 2.73. The van der Waals surface area contributed by atoms with Crippen LogP contribution in [0.3, 0.4) is 0 Å². The van der Waals surface area contributed by atoms with E-state index < -0.39 is 18.0 Å². The standard InChI is InChI=1S/C17H15FN2O3/c18-13-7-4-8-14(9-13)20-11-15(23-17(20)22)10-19-16(21)12-5-2-1-3-6-12/h1-9,15H,10-11H2,(H,19,21). The van der Waals surface area contributed by atoms with Crippen LogP contribution >= 0.6 is 0 Å². The van der Waals surface area contributed by atoms with Crippen LogP contribution in [0.1, 0.15) is 10.4 Å². The average Bonchev–Trinajstić information content (AvgIpc) is 2.94. The van der Waals surface area contributed by atoms with Gasteiger partial charge in [-0.2, -0.15) is 0 Å². The van der Waals surface area contributed by atoms with Crippen molar-refractivity contribution in [3.8, 4) is 0 Å². The number of cyclic esters (lactones) is 1. The maximum absolute atomic E-state index is 13.3. The molecule has 5 nitrogen and oxygen atoms in total. The molecular weight excluding hydrogens is 299 g/mol. The lowest BCUT2D eigenvalue weighted by Crippen LogP contribution is -2.34. The molecule has 1 saturated heterocycles. The van der Waals surface area contributed by atoms with Crippen LogP contribution in [0.4, 0.5) is 14.9 Å². The molecule has 6 heteroatoms. The van der Waals surface area contributed by atoms with Crippen LogP contribution in [0, 0.1) is 5.82 Å². The molecule has 23 heavy (non-hydrogen) atoms. The molecule has 3 rings (SSSR count). The van der Waals surface area contributed by atoms with Crippen LogP contribution in [0.25, 0.3) is 0 Å². The van der Waals surface area contributed by atoms with Crippen LogP contribution in [0.15, 0.2) is 54.6 Å². The summed E-state index contributed by atoms with van der Waals surface area (Å²) in [7, 11) is 0. The van der Waals surface area contributed by atoms with Crippen LogP contribution in [-0.4, -0.2) is 31.2 Å². The fraction of sp³-hybridized carbons (Fsp3) is 0.176. The van der Waals surface area contributed by atoms with Gasteiger partial charge < -0.3 is 10.1 Å². The van der Waals surface area contributed by atoms with Gasteiger partial charge in [-0.1, -0.05) is 24.3 Å². The Kier molecular flexibility index (Phi) is 4.23. The minimum absolute atomic E-state index is 0.200. The first-order valence-electron chi connectivity index (χ1n) is 7.20. The van der Waals surface area contributed by atoms with Gasteiger partial charge in [0.05, 0.1) is 18.8 Å². The maximum atomic E-state index is 13.3. The number of halogens is 1. The van der Waals surface area contributed by atoms with Crippen LogP contribution in [-0.2, 0) is 4.74 Å². The van der Waals surface area contributed by atoms with Crippen LogP contribution in [0.5, 0.6) is 0 Å². The molecule has 1 unspecified atom stereocenters. The van der Waals surface area contributed by atoms with Gasteiger partial charge in [0.2, 0.25) is 0 Å². The van der Waals surface area contributed by atoms with E-state index in [9.17, 15) is 14.0 Å². The van der Waals surface area contributed by atoms with Crippen molar-refractivity contribution in [2.75, 3.05) is 18.0 Å². The summed E-state index contributed by atoms with van der Waals surface area (Å²) in [6.07, 6.45) is -1.02. The number of hydrogen-bond donors (Lipinski definition) is 1. The van der Waals surface area contributed by atoms with E-state index >= 15 is 0 Å². The molecule has 0 radical (unpaired) electrons. The Morgan fingerprint density at radius 1 is 1.22 bits per heavy atom. The van der Waals surface area contributed by atoms with E-state index in [1.54, 1.807) is 30.3 Å². The number of benzene rings is 2. The quantitative estimate of drug-likeness (QED) is 0.943. The number of hydrogen-bond acceptors (Lipinski definition) is 3. The molecule has 2 aromatic carbocycles. The van der Waals surface area contributed by atoms with Crippen molar-refractivity contribution in [3.05, 3.63) is 66.0 Å². The molecule has 1 N–H and O–H groups in total. The number of amides is 2. The fourth-order valence-electron chi connectivity index (χ4n) is 2.38. The number of anilines is 1. The lowest BCUT2D eigenvalue weighted by molar-refractivity contribution is 0.0916. The number of nitrogens with one attached hydrogen (secondary N) is 1. The molecule has 1 aliphatic rings. The minimum atomic E-state index is -0.547. The SMILES string of the molecule is O=C(NCC1CN(c2cccc(F)c2)C(=O)O1)c1ccccc1. The maximum Gasteiger partial charge on any atom is 0.414 e. The van der Waals surface area contributed by atoms with E-state index in [0.717, 1.165) is 0 Å². The van der Waals surface area contributed by atoms with Crippen molar-refractivity contribution in [3.63, 3.8) is 0 Å². The van der Waals surface area contributed by atoms with Gasteiger partial charge in [-0.3, -0.25) is 9.69 Å². The van der Waals surface area contributed by atoms with E-state index in [-0.39, 0.29) is 19.0 Å². The highest BCUT2D eigenvalue weighted by atomic mass is 19.1. The number of carbonyl (C=O) groups excluding carboxylic acids is 2. The topological polar surface area (TPSA) is 58.6 Å². The molecule has 118 valence electrons. The molecule has 1 fully saturated rings. The van der Waals surface area contributed by atoms with E-state index in [2.05, 4.69) is 5.32 Å². The second-order valence-electron chi connectivity index (χ2n) is 5.17. The Bertz CT molecular complexity index is 721. The number of ether oxygens (including phenoxy) is 1. The van der Waals surface area contributed by atoms with Crippen LogP contribution in [0.2, 0.25) is 0 Å². The van der Waals surface area contributed by atoms with Crippen molar-refractivity contribution in [1.29, 1.82) is 0 Å². The van der Waals surface area contributed by atoms with Gasteiger partial charge in [0, 0.05) is 5.56 Å². The van der Waals surface area contributed by atoms with E-state index in [4.69, 9.17) is 4.74 Å². The number of carbonyl (C=O) groups is 2. The van der Waals surface area contributed by atoms with Gasteiger partial charge in [-0.25, -0.2) is 9.18 Å². The summed E-state index contributed by atoms with van der Waals surface area (Å²) >= 11 is 0. The third-order valence-corrected chi connectivity index (χ3v) is 3.52. The Morgan fingerprint density at radius 3 is 2.74 bits per heavy atom. The van der Waals surface area contributed by atoms with Crippen LogP contribution < -0.4 is 10.2 Å². The summed E-state index contributed by atoms with van der Waals surface area (Å²) in [5.41, 5.74) is 0.977. The van der Waals surface area contributed by atoms with Crippen molar-refractivity contribution in [1.82, 2.24) is 5.32 Å². The lowest BCUT2D eigenvalue weighted by Gasteiger charge is -2.13. The average molecular weight is 314 g/mol. The van der Waals surface area contributed by atoms with Gasteiger partial charge in [0.15, 0.2) is 0 Å². The Hall–Kier alpha value is -2.89. The van der Waals surface area contributed by atoms with Crippen molar-refractivity contribution in [2.24, 2.45) is 0 Å². The van der Waals surface area contributed by atoms with Crippen molar-refractivity contribution < 1.29 is 18.7 Å². The fourth-order valence-corrected chi connectivity index (χ4v) is 2.38. The van der Waals surface area contributed by atoms with E-state index in [1.807, 2.05) is 6.07 Å². The van der Waals surface area contributed by atoms with Crippen molar-refractivity contribution in [2.45, 2.75) is 6.10 Å². The van der Waals surface area contributed by atoms with Gasteiger partial charge in [0.25, 0.3) is 5.91 Å². The molecule has 0 aromatic heterocycles. The summed E-state index contributed by atoms with van der Waals surface area (Å²) in [6.45, 7) is 0.461. The molecular formula is C17H15FN2O3. The summed E-state index contributed by atoms with van der Waals surface area (Å²) < 4.78 is 18.5. The molecule has 0 bridgehead atoms. The van der Waals surface area contributed by atoms with E-state index in [1.165, 1.54) is 23.1 Å². The van der Waals surface area contributed by atoms with Gasteiger partial charge in [0.1, 0.15) is 11.9 Å². The van der Waals surface area contributed by atoms with Gasteiger partial charge >= 0.3 is 6.09 Å². The second kappa shape index (κ2) is 6.48. The normalized spacial score (nSPS) is 17.0. The van der Waals surface area contributed by atoms with Gasteiger partial charge in [-0.15, -0.1) is 0 Å². The zero-order chi connectivity index (χ0) is 16.2. The zero-order valence-electron chi connectivity index (χ0n) is 12.2. The molecule has 2 aromatic rings. The second-order valence-corrected chi connectivity index (χ2v) is 5.17. The smallest absolute Gasteiger partial charge is 0.414 e. The summed E-state index contributed by atoms with van der Waals surface area (Å²) in [5.74, 6) is -0.651. The molecule has 0 spiro atoms. The highest BCUT2D eigenvalue weighted by Gasteiger charge is 2.32. The number of nitrogens with zero attached hydrogens (tertiary/aromatic N) is 1. The molecule has 1 aliphatic heterocycles. The molecule has 2 amide bonds. The largest absolute Gasteiger partial charge is 0.442 e. The molecule has 1 heterocycles. The highest BCUT2D eigenvalue weighted by Crippen LogP contribution is 2.22. The minimum Gasteiger partial charge on any atom is -0.442 e. The van der Waals surface area contributed by atoms with Crippen molar-refractivity contribution >= 4 is 17.7 Å². The first-order chi connectivity index (χ1) is 11.1. The van der Waals surface area contributed by atoms with Gasteiger partial charge in [-0.05, 0) is 30.3 Å². The Balaban J connectivity index is 1.59.